The summed E-state index contributed by atoms with van der Waals surface area (Å²) in [6, 6.07) is 7.76. The van der Waals surface area contributed by atoms with Crippen LogP contribution in [0.4, 0.5) is 5.95 Å². The fourth-order valence-electron chi connectivity index (χ4n) is 3.23. The Morgan fingerprint density at radius 1 is 1.17 bits per heavy atom. The number of aromatic nitrogens is 4. The molecule has 4 rings (SSSR count). The molecule has 7 nitrogen and oxygen atoms in total. The number of amides is 1. The van der Waals surface area contributed by atoms with Crippen molar-refractivity contribution in [3.05, 3.63) is 60.4 Å². The van der Waals surface area contributed by atoms with Gasteiger partial charge in [-0.2, -0.15) is 0 Å². The maximum atomic E-state index is 12.9. The molecule has 0 radical (unpaired) electrons. The van der Waals surface area contributed by atoms with E-state index in [1.54, 1.807) is 6.20 Å². The van der Waals surface area contributed by atoms with Crippen LogP contribution in [0.2, 0.25) is 0 Å². The normalized spacial score (nSPS) is 13.3. The number of rotatable bonds is 8. The highest BCUT2D eigenvalue weighted by Gasteiger charge is 2.24. The lowest BCUT2D eigenvalue weighted by Gasteiger charge is -2.09. The molecule has 1 fully saturated rings. The molecule has 1 saturated carbocycles. The molecule has 0 spiro atoms. The number of carbonyl (C=O) groups excluding carboxylic acids is 1. The van der Waals surface area contributed by atoms with E-state index >= 15 is 0 Å². The molecule has 1 N–H and O–H groups in total. The van der Waals surface area contributed by atoms with Crippen LogP contribution in [0, 0.1) is 5.92 Å². The Morgan fingerprint density at radius 3 is 2.62 bits per heavy atom. The molecule has 3 aromatic heterocycles. The summed E-state index contributed by atoms with van der Waals surface area (Å²) in [6.45, 7) is 1.43. The highest BCUT2D eigenvalue weighted by molar-refractivity contribution is 5.94. The lowest BCUT2D eigenvalue weighted by Crippen LogP contribution is -2.28. The largest absolute Gasteiger partial charge is 0.350 e. The fraction of sp³-hybridized carbons (Fsp3) is 0.364. The van der Waals surface area contributed by atoms with Crippen molar-refractivity contribution in [3.63, 3.8) is 0 Å². The van der Waals surface area contributed by atoms with Crippen LogP contribution in [0.1, 0.15) is 29.0 Å². The quantitative estimate of drug-likeness (QED) is 0.640. The number of nitrogens with zero attached hydrogens (tertiary/aromatic N) is 5. The predicted molar refractivity (Wildman–Crippen MR) is 113 cm³/mol. The van der Waals surface area contributed by atoms with Crippen molar-refractivity contribution in [2.45, 2.75) is 25.8 Å². The Labute approximate surface area is 170 Å². The van der Waals surface area contributed by atoms with Gasteiger partial charge in [0.1, 0.15) is 5.69 Å². The zero-order valence-corrected chi connectivity index (χ0v) is 16.9. The van der Waals surface area contributed by atoms with Crippen LogP contribution in [0.25, 0.3) is 11.1 Å². The van der Waals surface area contributed by atoms with E-state index < -0.39 is 0 Å². The van der Waals surface area contributed by atoms with E-state index in [1.807, 2.05) is 61.9 Å². The zero-order chi connectivity index (χ0) is 20.2. The molecule has 0 unspecified atom stereocenters. The molecule has 0 aliphatic heterocycles. The monoisotopic (exact) mass is 390 g/mol. The summed E-state index contributed by atoms with van der Waals surface area (Å²) in [4.78, 5) is 27.8. The summed E-state index contributed by atoms with van der Waals surface area (Å²) < 4.78 is 2.07. The van der Waals surface area contributed by atoms with Crippen LogP contribution in [0.5, 0.6) is 0 Å². The molecule has 0 saturated heterocycles. The van der Waals surface area contributed by atoms with E-state index in [0.717, 1.165) is 23.4 Å². The average molecular weight is 390 g/mol. The third-order valence-corrected chi connectivity index (χ3v) is 5.05. The minimum absolute atomic E-state index is 0.0568. The standard InChI is InChI=1S/C22H26N6O/c1-27(2)22-25-12-18(13-26-22)17-11-20(28(15-17)14-16-6-7-16)21(29)24-10-8-19-5-3-4-9-23-19/h3-5,9,11-13,15-16H,6-8,10,14H2,1-2H3,(H,24,29). The lowest BCUT2D eigenvalue weighted by atomic mass is 10.2. The Morgan fingerprint density at radius 2 is 1.97 bits per heavy atom. The lowest BCUT2D eigenvalue weighted by molar-refractivity contribution is 0.0944. The molecule has 1 aliphatic rings. The van der Waals surface area contributed by atoms with Gasteiger partial charge in [0.2, 0.25) is 5.95 Å². The van der Waals surface area contributed by atoms with E-state index in [2.05, 4.69) is 24.8 Å². The Hall–Kier alpha value is -3.22. The van der Waals surface area contributed by atoms with E-state index in [0.29, 0.717) is 30.5 Å². The Balaban J connectivity index is 1.49. The number of carbonyl (C=O) groups is 1. The van der Waals surface area contributed by atoms with Crippen molar-refractivity contribution >= 4 is 11.9 Å². The summed E-state index contributed by atoms with van der Waals surface area (Å²) in [5, 5.41) is 3.03. The maximum absolute atomic E-state index is 12.9. The second kappa shape index (κ2) is 8.43. The molecule has 0 aromatic carbocycles. The summed E-state index contributed by atoms with van der Waals surface area (Å²) >= 11 is 0. The minimum Gasteiger partial charge on any atom is -0.350 e. The molecule has 3 aromatic rings. The number of nitrogens with one attached hydrogen (secondary N) is 1. The van der Waals surface area contributed by atoms with Gasteiger partial charge in [-0.15, -0.1) is 0 Å². The molecule has 150 valence electrons. The van der Waals surface area contributed by atoms with Gasteiger partial charge in [0.15, 0.2) is 0 Å². The molecular formula is C22H26N6O. The molecule has 1 amide bonds. The summed E-state index contributed by atoms with van der Waals surface area (Å²) in [7, 11) is 3.82. The molecule has 1 aliphatic carbocycles. The number of anilines is 1. The van der Waals surface area contributed by atoms with Crippen LogP contribution in [-0.4, -0.2) is 46.1 Å². The zero-order valence-electron chi connectivity index (χ0n) is 16.9. The van der Waals surface area contributed by atoms with Crippen LogP contribution >= 0.6 is 0 Å². The Kier molecular flexibility index (Phi) is 5.55. The molecule has 3 heterocycles. The third-order valence-electron chi connectivity index (χ3n) is 5.05. The van der Waals surface area contributed by atoms with Gasteiger partial charge >= 0.3 is 0 Å². The van der Waals surface area contributed by atoms with E-state index in [4.69, 9.17) is 0 Å². The second-order valence-corrected chi connectivity index (χ2v) is 7.70. The van der Waals surface area contributed by atoms with E-state index in [1.165, 1.54) is 12.8 Å². The topological polar surface area (TPSA) is 75.9 Å². The van der Waals surface area contributed by atoms with Gasteiger partial charge in [-0.3, -0.25) is 9.78 Å². The number of pyridine rings is 1. The summed E-state index contributed by atoms with van der Waals surface area (Å²) in [6.07, 6.45) is 10.6. The second-order valence-electron chi connectivity index (χ2n) is 7.70. The molecule has 7 heteroatoms. The first-order valence-electron chi connectivity index (χ1n) is 9.98. The van der Waals surface area contributed by atoms with Gasteiger partial charge in [0.25, 0.3) is 5.91 Å². The average Bonchev–Trinajstić information content (AvgIpc) is 3.45. The molecule has 0 bridgehead atoms. The summed E-state index contributed by atoms with van der Waals surface area (Å²) in [5.41, 5.74) is 3.53. The maximum Gasteiger partial charge on any atom is 0.267 e. The smallest absolute Gasteiger partial charge is 0.267 e. The van der Waals surface area contributed by atoms with Gasteiger partial charge in [-0.25, -0.2) is 9.97 Å². The van der Waals surface area contributed by atoms with Gasteiger partial charge in [0.05, 0.1) is 0 Å². The first kappa shape index (κ1) is 19.1. The van der Waals surface area contributed by atoms with Crippen LogP contribution in [-0.2, 0) is 13.0 Å². The fourth-order valence-corrected chi connectivity index (χ4v) is 3.23. The van der Waals surface area contributed by atoms with Crippen molar-refractivity contribution < 1.29 is 4.79 Å². The van der Waals surface area contributed by atoms with Crippen LogP contribution in [0.3, 0.4) is 0 Å². The van der Waals surface area contributed by atoms with E-state index in [9.17, 15) is 4.79 Å². The van der Waals surface area contributed by atoms with Crippen molar-refractivity contribution in [2.75, 3.05) is 25.5 Å². The summed E-state index contributed by atoms with van der Waals surface area (Å²) in [5.74, 6) is 1.28. The van der Waals surface area contributed by atoms with Crippen LogP contribution < -0.4 is 10.2 Å². The van der Waals surface area contributed by atoms with Crippen molar-refractivity contribution in [2.24, 2.45) is 5.92 Å². The molecular weight excluding hydrogens is 364 g/mol. The van der Waals surface area contributed by atoms with Crippen LogP contribution in [0.15, 0.2) is 49.1 Å². The first-order valence-corrected chi connectivity index (χ1v) is 9.98. The van der Waals surface area contributed by atoms with Gasteiger partial charge in [0, 0.05) is 75.2 Å². The highest BCUT2D eigenvalue weighted by Crippen LogP contribution is 2.32. The van der Waals surface area contributed by atoms with Gasteiger partial charge in [-0.1, -0.05) is 6.07 Å². The number of hydrogen-bond acceptors (Lipinski definition) is 5. The minimum atomic E-state index is -0.0568. The molecule has 29 heavy (non-hydrogen) atoms. The Bertz CT molecular complexity index is 961. The highest BCUT2D eigenvalue weighted by atomic mass is 16.1. The van der Waals surface area contributed by atoms with Gasteiger partial charge in [-0.05, 0) is 37.0 Å². The SMILES string of the molecule is CN(C)c1ncc(-c2cc(C(=O)NCCc3ccccn3)n(CC3CC3)c2)cn1. The molecule has 0 atom stereocenters. The van der Waals surface area contributed by atoms with Gasteiger partial charge < -0.3 is 14.8 Å². The predicted octanol–water partition coefficient (Wildman–Crippen LogP) is 2.79. The number of hydrogen-bond donors (Lipinski definition) is 1. The van der Waals surface area contributed by atoms with Crippen molar-refractivity contribution in [1.82, 2.24) is 24.8 Å². The first-order chi connectivity index (χ1) is 14.1. The van der Waals surface area contributed by atoms with Crippen molar-refractivity contribution in [3.8, 4) is 11.1 Å². The third kappa shape index (κ3) is 4.80. The van der Waals surface area contributed by atoms with E-state index in [-0.39, 0.29) is 5.91 Å². The van der Waals surface area contributed by atoms with Crippen molar-refractivity contribution in [1.29, 1.82) is 0 Å².